The van der Waals surface area contributed by atoms with Crippen LogP contribution in [0.5, 0.6) is 0 Å². The van der Waals surface area contributed by atoms with Gasteiger partial charge in [-0.05, 0) is 107 Å². The van der Waals surface area contributed by atoms with Gasteiger partial charge in [0.1, 0.15) is 0 Å². The van der Waals surface area contributed by atoms with Crippen LogP contribution in [0.1, 0.15) is 89.5 Å². The highest BCUT2D eigenvalue weighted by molar-refractivity contribution is 5.89. The van der Waals surface area contributed by atoms with E-state index in [-0.39, 0.29) is 23.4 Å². The lowest BCUT2D eigenvalue weighted by Gasteiger charge is -2.69. The zero-order chi connectivity index (χ0) is 25.1. The number of nitrogens with zero attached hydrogens (tertiary/aromatic N) is 3. The molecule has 6 aliphatic rings. The minimum absolute atomic E-state index is 0.0861. The minimum atomic E-state index is -0.621. The van der Waals surface area contributed by atoms with Crippen molar-refractivity contribution < 1.29 is 9.53 Å². The number of fused-ring (bicyclic) bond motifs is 2. The lowest BCUT2D eigenvalue weighted by molar-refractivity contribution is -0.179. The van der Waals surface area contributed by atoms with Crippen LogP contribution in [0, 0.1) is 22.7 Å². The Kier molecular flexibility index (Phi) is 4.60. The predicted molar refractivity (Wildman–Crippen MR) is 139 cm³/mol. The molecule has 5 atom stereocenters. The number of ether oxygens (including phenoxy) is 1. The fourth-order valence-electron chi connectivity index (χ4n) is 10.8. The smallest absolute Gasteiger partial charge is 0.362 e. The Balaban J connectivity index is 1.27. The summed E-state index contributed by atoms with van der Waals surface area (Å²) in [5.41, 5.74) is 2.12. The number of para-hydroxylation sites is 2. The first-order valence-electron chi connectivity index (χ1n) is 14.1. The highest BCUT2D eigenvalue weighted by Crippen LogP contribution is 2.69. The summed E-state index contributed by atoms with van der Waals surface area (Å²) in [6.45, 7) is 10.5. The van der Waals surface area contributed by atoms with Gasteiger partial charge < -0.3 is 4.74 Å². The Hall–Kier alpha value is -2.21. The fourth-order valence-corrected chi connectivity index (χ4v) is 10.8. The van der Waals surface area contributed by atoms with Crippen molar-refractivity contribution in [2.24, 2.45) is 22.7 Å². The van der Waals surface area contributed by atoms with Gasteiger partial charge in [0.05, 0.1) is 23.2 Å². The van der Waals surface area contributed by atoms with Crippen molar-refractivity contribution in [2.75, 3.05) is 13.2 Å². The van der Waals surface area contributed by atoms with Crippen LogP contribution in [-0.2, 0) is 10.3 Å². The number of carbonyl (C=O) groups excluding carboxylic acids is 1. The van der Waals surface area contributed by atoms with Crippen LogP contribution < -0.4 is 5.56 Å². The molecular formula is C30H39N3O3. The lowest BCUT2D eigenvalue weighted by Crippen LogP contribution is -2.69. The summed E-state index contributed by atoms with van der Waals surface area (Å²) in [6.07, 6.45) is 10.3. The normalized spacial score (nSPS) is 42.9. The first kappa shape index (κ1) is 22.9. The molecule has 8 rings (SSSR count). The van der Waals surface area contributed by atoms with Gasteiger partial charge in [0.2, 0.25) is 5.69 Å². The maximum Gasteiger partial charge on any atom is 0.362 e. The second kappa shape index (κ2) is 7.21. The number of rotatable bonds is 4. The third-order valence-electron chi connectivity index (χ3n) is 10.9. The molecule has 1 aliphatic heterocycles. The Morgan fingerprint density at radius 2 is 1.78 bits per heavy atom. The van der Waals surface area contributed by atoms with E-state index >= 15 is 0 Å². The van der Waals surface area contributed by atoms with Gasteiger partial charge in [-0.3, -0.25) is 14.3 Å². The van der Waals surface area contributed by atoms with Gasteiger partial charge in [0.15, 0.2) is 0 Å². The van der Waals surface area contributed by atoms with Crippen LogP contribution in [0.2, 0.25) is 0 Å². The number of aromatic nitrogens is 2. The van der Waals surface area contributed by atoms with E-state index in [1.54, 1.807) is 6.92 Å². The van der Waals surface area contributed by atoms with Gasteiger partial charge in [-0.15, -0.1) is 0 Å². The molecule has 6 fully saturated rings. The summed E-state index contributed by atoms with van der Waals surface area (Å²) in [4.78, 5) is 33.9. The lowest BCUT2D eigenvalue weighted by atomic mass is 9.42. The molecule has 2 heterocycles. The number of hydrogen-bond donors (Lipinski definition) is 0. The maximum absolute atomic E-state index is 13.8. The second-order valence-corrected chi connectivity index (χ2v) is 13.9. The zero-order valence-electron chi connectivity index (χ0n) is 22.2. The van der Waals surface area contributed by atoms with Gasteiger partial charge in [0.25, 0.3) is 5.56 Å². The van der Waals surface area contributed by atoms with Gasteiger partial charge in [0, 0.05) is 11.6 Å². The summed E-state index contributed by atoms with van der Waals surface area (Å²) in [7, 11) is 0. The van der Waals surface area contributed by atoms with E-state index in [2.05, 4.69) is 30.7 Å². The molecule has 1 aromatic carbocycles. The molecule has 5 saturated carbocycles. The monoisotopic (exact) mass is 489 g/mol. The summed E-state index contributed by atoms with van der Waals surface area (Å²) in [5, 5.41) is 0. The van der Waals surface area contributed by atoms with Crippen molar-refractivity contribution in [3.63, 3.8) is 0 Å². The summed E-state index contributed by atoms with van der Waals surface area (Å²) in [6, 6.07) is 8.26. The van der Waals surface area contributed by atoms with Gasteiger partial charge >= 0.3 is 5.97 Å². The highest BCUT2D eigenvalue weighted by atomic mass is 16.5. The standard InChI is InChI=1S/C30H39N3O3/c1-5-36-26(35)24-25(34)33(22-9-7-6-8-21(22)31-24)29(4)15-23-20(29)10-11-32(23)30-14-19-12-27(2,17-30)16-28(3,13-19)18-30/h6-9,19-20,23H,5,10-18H2,1-4H3/t19?,20?,23-,27?,28?,29+,30?/m1/s1. The van der Waals surface area contributed by atoms with E-state index < -0.39 is 5.97 Å². The molecule has 1 aromatic heterocycles. The van der Waals surface area contributed by atoms with Crippen molar-refractivity contribution >= 4 is 17.0 Å². The Morgan fingerprint density at radius 3 is 2.47 bits per heavy atom. The third kappa shape index (κ3) is 2.97. The number of likely N-dealkylation sites (tertiary alicyclic amines) is 1. The quantitative estimate of drug-likeness (QED) is 0.557. The molecule has 0 radical (unpaired) electrons. The predicted octanol–water partition coefficient (Wildman–Crippen LogP) is 5.13. The van der Waals surface area contributed by atoms with Crippen LogP contribution in [0.4, 0.5) is 0 Å². The van der Waals surface area contributed by atoms with Gasteiger partial charge in [-0.1, -0.05) is 26.0 Å². The van der Waals surface area contributed by atoms with Gasteiger partial charge in [-0.2, -0.15) is 0 Å². The van der Waals surface area contributed by atoms with Crippen LogP contribution in [-0.4, -0.2) is 45.2 Å². The molecule has 5 aliphatic carbocycles. The molecule has 6 nitrogen and oxygen atoms in total. The van der Waals surface area contributed by atoms with E-state index in [1.165, 1.54) is 38.5 Å². The first-order valence-corrected chi connectivity index (χ1v) is 14.1. The molecule has 3 unspecified atom stereocenters. The number of hydrogen-bond acceptors (Lipinski definition) is 5. The van der Waals surface area contributed by atoms with Crippen molar-refractivity contribution in [1.29, 1.82) is 0 Å². The molecule has 0 amide bonds. The molecule has 6 heteroatoms. The SMILES string of the molecule is CCOC(=O)c1nc2ccccc2n([C@@]2(C)C[C@@H]3C2CCN3C23CC4CC(C)(CC(C)(C4)C2)C3)c1=O. The van der Waals surface area contributed by atoms with Crippen LogP contribution in [0.15, 0.2) is 29.1 Å². The molecule has 1 saturated heterocycles. The molecule has 0 spiro atoms. The average molecular weight is 490 g/mol. The van der Waals surface area contributed by atoms with Crippen LogP contribution in [0.25, 0.3) is 11.0 Å². The van der Waals surface area contributed by atoms with Crippen molar-refractivity contribution in [1.82, 2.24) is 14.5 Å². The molecule has 192 valence electrons. The Labute approximate surface area is 213 Å². The minimum Gasteiger partial charge on any atom is -0.461 e. The van der Waals surface area contributed by atoms with Crippen molar-refractivity contribution in [3.05, 3.63) is 40.3 Å². The van der Waals surface area contributed by atoms with Crippen LogP contribution >= 0.6 is 0 Å². The number of carbonyl (C=O) groups is 1. The second-order valence-electron chi connectivity index (χ2n) is 13.9. The van der Waals surface area contributed by atoms with E-state index in [0.29, 0.717) is 33.8 Å². The van der Waals surface area contributed by atoms with Crippen molar-refractivity contribution in [2.45, 2.75) is 96.2 Å². The number of benzene rings is 1. The molecular weight excluding hydrogens is 450 g/mol. The highest BCUT2D eigenvalue weighted by Gasteiger charge is 2.67. The molecule has 4 bridgehead atoms. The summed E-state index contributed by atoms with van der Waals surface area (Å²) >= 11 is 0. The average Bonchev–Trinajstić information content (AvgIpc) is 3.15. The van der Waals surface area contributed by atoms with Crippen LogP contribution in [0.3, 0.4) is 0 Å². The fraction of sp³-hybridized carbons (Fsp3) is 0.700. The van der Waals surface area contributed by atoms with Crippen molar-refractivity contribution in [3.8, 4) is 0 Å². The summed E-state index contributed by atoms with van der Waals surface area (Å²) < 4.78 is 7.13. The number of esters is 1. The van der Waals surface area contributed by atoms with Gasteiger partial charge in [-0.25, -0.2) is 9.78 Å². The summed E-state index contributed by atoms with van der Waals surface area (Å²) in [5.74, 6) is 0.662. The van der Waals surface area contributed by atoms with E-state index in [4.69, 9.17) is 4.74 Å². The zero-order valence-corrected chi connectivity index (χ0v) is 22.2. The maximum atomic E-state index is 13.8. The third-order valence-corrected chi connectivity index (χ3v) is 10.9. The van der Waals surface area contributed by atoms with E-state index in [0.717, 1.165) is 30.8 Å². The largest absolute Gasteiger partial charge is 0.461 e. The molecule has 36 heavy (non-hydrogen) atoms. The van der Waals surface area contributed by atoms with E-state index in [1.807, 2.05) is 28.8 Å². The Morgan fingerprint density at radius 1 is 1.06 bits per heavy atom. The first-order chi connectivity index (χ1) is 17.1. The Bertz CT molecular complexity index is 1310. The molecule has 0 N–H and O–H groups in total. The van der Waals surface area contributed by atoms with E-state index in [9.17, 15) is 9.59 Å². The topological polar surface area (TPSA) is 64.4 Å². The molecule has 2 aromatic rings.